The zero-order valence-corrected chi connectivity index (χ0v) is 7.20. The molecule has 0 saturated heterocycles. The average molecular weight is 178 g/mol. The third-order valence-electron chi connectivity index (χ3n) is 1.22. The molecule has 1 rings (SSSR count). The van der Waals surface area contributed by atoms with Gasteiger partial charge in [0.1, 0.15) is 0 Å². The van der Waals surface area contributed by atoms with Crippen LogP contribution in [0.15, 0.2) is 0 Å². The second kappa shape index (κ2) is 4.11. The molecule has 4 N–H and O–H groups in total. The van der Waals surface area contributed by atoms with Crippen LogP contribution < -0.4 is 16.4 Å². The van der Waals surface area contributed by atoms with Crippen molar-refractivity contribution in [3.05, 3.63) is 0 Å². The molecule has 0 saturated carbocycles. The number of aromatic nitrogens is 3. The van der Waals surface area contributed by atoms with Crippen LogP contribution in [0.2, 0.25) is 0 Å². The van der Waals surface area contributed by atoms with E-state index in [2.05, 4.69) is 31.5 Å². The summed E-state index contributed by atoms with van der Waals surface area (Å²) in [6.45, 7) is 0.354. The Hall–Kier alpha value is -2.03. The molecule has 0 spiro atoms. The van der Waals surface area contributed by atoms with Crippen LogP contribution in [0.25, 0.3) is 0 Å². The van der Waals surface area contributed by atoms with Crippen LogP contribution in [0.1, 0.15) is 0 Å². The molecule has 1 aromatic heterocycles. The van der Waals surface area contributed by atoms with Gasteiger partial charge in [0.2, 0.25) is 17.8 Å². The summed E-state index contributed by atoms with van der Waals surface area (Å²) in [5.41, 5.74) is 5.41. The summed E-state index contributed by atoms with van der Waals surface area (Å²) < 4.78 is 0. The predicted molar refractivity (Wildman–Crippen MR) is 51.1 cm³/mol. The lowest BCUT2D eigenvalue weighted by Gasteiger charge is -2.03. The lowest BCUT2D eigenvalue weighted by molar-refractivity contribution is 1.05. The van der Waals surface area contributed by atoms with Crippen molar-refractivity contribution in [3.63, 3.8) is 0 Å². The van der Waals surface area contributed by atoms with Crippen molar-refractivity contribution in [3.8, 4) is 12.3 Å². The zero-order chi connectivity index (χ0) is 9.68. The van der Waals surface area contributed by atoms with Gasteiger partial charge in [0.25, 0.3) is 0 Å². The number of hydrogen-bond donors (Lipinski definition) is 3. The average Bonchev–Trinajstić information content (AvgIpc) is 2.14. The molecule has 0 aliphatic heterocycles. The van der Waals surface area contributed by atoms with Crippen LogP contribution in [0.4, 0.5) is 17.8 Å². The van der Waals surface area contributed by atoms with Gasteiger partial charge in [0, 0.05) is 7.05 Å². The van der Waals surface area contributed by atoms with Crippen molar-refractivity contribution in [2.75, 3.05) is 30.0 Å². The van der Waals surface area contributed by atoms with Crippen LogP contribution in [-0.4, -0.2) is 28.5 Å². The first kappa shape index (κ1) is 9.06. The van der Waals surface area contributed by atoms with Crippen LogP contribution in [0, 0.1) is 12.3 Å². The first-order valence-corrected chi connectivity index (χ1v) is 3.63. The number of nitrogen functional groups attached to an aromatic ring is 1. The minimum Gasteiger partial charge on any atom is -0.368 e. The van der Waals surface area contributed by atoms with Gasteiger partial charge in [-0.25, -0.2) is 0 Å². The number of hydrogen-bond acceptors (Lipinski definition) is 6. The van der Waals surface area contributed by atoms with Gasteiger partial charge < -0.3 is 16.4 Å². The largest absolute Gasteiger partial charge is 0.368 e. The highest BCUT2D eigenvalue weighted by atomic mass is 15.2. The Morgan fingerprint density at radius 2 is 2.08 bits per heavy atom. The predicted octanol–water partition coefficient (Wildman–Crippen LogP) is -0.459. The summed E-state index contributed by atoms with van der Waals surface area (Å²) in [6.07, 6.45) is 5.05. The standard InChI is InChI=1S/C7H10N6/c1-3-4-10-7-12-5(8)11-6(9-2)13-7/h1H,4H2,2H3,(H4,8,9,10,11,12,13). The molecular weight excluding hydrogens is 168 g/mol. The number of nitrogens with zero attached hydrogens (tertiary/aromatic N) is 3. The van der Waals surface area contributed by atoms with E-state index in [9.17, 15) is 0 Å². The van der Waals surface area contributed by atoms with Gasteiger partial charge in [-0.15, -0.1) is 6.42 Å². The van der Waals surface area contributed by atoms with Crippen molar-refractivity contribution in [1.29, 1.82) is 0 Å². The molecule has 6 nitrogen and oxygen atoms in total. The maximum absolute atomic E-state index is 5.41. The molecule has 0 atom stereocenters. The van der Waals surface area contributed by atoms with Crippen LogP contribution >= 0.6 is 0 Å². The molecule has 0 fully saturated rings. The highest BCUT2D eigenvalue weighted by molar-refractivity contribution is 5.39. The van der Waals surface area contributed by atoms with Crippen LogP contribution in [-0.2, 0) is 0 Å². The van der Waals surface area contributed by atoms with E-state index < -0.39 is 0 Å². The van der Waals surface area contributed by atoms with E-state index in [-0.39, 0.29) is 5.95 Å². The van der Waals surface area contributed by atoms with Crippen molar-refractivity contribution in [2.24, 2.45) is 0 Å². The summed E-state index contributed by atoms with van der Waals surface area (Å²) >= 11 is 0. The summed E-state index contributed by atoms with van der Waals surface area (Å²) in [7, 11) is 1.69. The number of nitrogens with one attached hydrogen (secondary N) is 2. The Morgan fingerprint density at radius 3 is 2.69 bits per heavy atom. The number of anilines is 3. The molecule has 0 aliphatic carbocycles. The Balaban J connectivity index is 2.83. The first-order valence-electron chi connectivity index (χ1n) is 3.63. The molecule has 0 amide bonds. The maximum atomic E-state index is 5.41. The Kier molecular flexibility index (Phi) is 2.87. The van der Waals surface area contributed by atoms with E-state index in [0.29, 0.717) is 18.4 Å². The van der Waals surface area contributed by atoms with E-state index in [1.54, 1.807) is 7.05 Å². The third-order valence-corrected chi connectivity index (χ3v) is 1.22. The summed E-state index contributed by atoms with van der Waals surface area (Å²) in [6, 6.07) is 0. The van der Waals surface area contributed by atoms with Crippen molar-refractivity contribution in [2.45, 2.75) is 0 Å². The van der Waals surface area contributed by atoms with Gasteiger partial charge >= 0.3 is 0 Å². The Bertz CT molecular complexity index is 328. The minimum atomic E-state index is 0.152. The second-order valence-corrected chi connectivity index (χ2v) is 2.15. The molecule has 1 heterocycles. The van der Waals surface area contributed by atoms with E-state index in [0.717, 1.165) is 0 Å². The number of nitrogens with two attached hydrogens (primary N) is 1. The maximum Gasteiger partial charge on any atom is 0.230 e. The smallest absolute Gasteiger partial charge is 0.230 e. The van der Waals surface area contributed by atoms with Gasteiger partial charge in [-0.1, -0.05) is 5.92 Å². The van der Waals surface area contributed by atoms with E-state index >= 15 is 0 Å². The van der Waals surface area contributed by atoms with Crippen molar-refractivity contribution < 1.29 is 0 Å². The topological polar surface area (TPSA) is 88.8 Å². The minimum absolute atomic E-state index is 0.152. The van der Waals surface area contributed by atoms with Gasteiger partial charge in [-0.05, 0) is 0 Å². The Labute approximate surface area is 76.0 Å². The molecule has 0 aromatic carbocycles. The lowest BCUT2D eigenvalue weighted by Crippen LogP contribution is -2.09. The fraction of sp³-hybridized carbons (Fsp3) is 0.286. The zero-order valence-electron chi connectivity index (χ0n) is 7.20. The molecule has 1 aromatic rings. The monoisotopic (exact) mass is 178 g/mol. The third kappa shape index (κ3) is 2.48. The molecule has 0 bridgehead atoms. The van der Waals surface area contributed by atoms with Crippen molar-refractivity contribution >= 4 is 17.8 Å². The molecule has 6 heteroatoms. The first-order chi connectivity index (χ1) is 6.26. The molecule has 0 unspecified atom stereocenters. The van der Waals surface area contributed by atoms with E-state index in [4.69, 9.17) is 12.2 Å². The van der Waals surface area contributed by atoms with Gasteiger partial charge in [0.05, 0.1) is 6.54 Å². The summed E-state index contributed by atoms with van der Waals surface area (Å²) in [5.74, 6) is 3.33. The highest BCUT2D eigenvalue weighted by Crippen LogP contribution is 2.04. The van der Waals surface area contributed by atoms with Crippen molar-refractivity contribution in [1.82, 2.24) is 15.0 Å². The highest BCUT2D eigenvalue weighted by Gasteiger charge is 2.00. The quantitative estimate of drug-likeness (QED) is 0.543. The fourth-order valence-corrected chi connectivity index (χ4v) is 0.713. The van der Waals surface area contributed by atoms with Crippen LogP contribution in [0.5, 0.6) is 0 Å². The molecule has 68 valence electrons. The van der Waals surface area contributed by atoms with Gasteiger partial charge in [0.15, 0.2) is 0 Å². The summed E-state index contributed by atoms with van der Waals surface area (Å²) in [5, 5.41) is 5.54. The number of terminal acetylenes is 1. The SMILES string of the molecule is C#CCNc1nc(N)nc(NC)n1. The molecule has 0 radical (unpaired) electrons. The van der Waals surface area contributed by atoms with Gasteiger partial charge in [-0.3, -0.25) is 0 Å². The Morgan fingerprint density at radius 1 is 1.38 bits per heavy atom. The summed E-state index contributed by atoms with van der Waals surface area (Å²) in [4.78, 5) is 11.6. The van der Waals surface area contributed by atoms with E-state index in [1.807, 2.05) is 0 Å². The number of rotatable bonds is 3. The van der Waals surface area contributed by atoms with Crippen LogP contribution in [0.3, 0.4) is 0 Å². The second-order valence-electron chi connectivity index (χ2n) is 2.15. The normalized spacial score (nSPS) is 8.92. The molecule has 0 aliphatic rings. The fourth-order valence-electron chi connectivity index (χ4n) is 0.713. The van der Waals surface area contributed by atoms with Gasteiger partial charge in [-0.2, -0.15) is 15.0 Å². The molecule has 13 heavy (non-hydrogen) atoms. The van der Waals surface area contributed by atoms with E-state index in [1.165, 1.54) is 0 Å². The lowest BCUT2D eigenvalue weighted by atomic mass is 10.6. The molecular formula is C7H10N6.